The fourth-order valence-electron chi connectivity index (χ4n) is 1.88. The number of nitriles is 1. The van der Waals surface area contributed by atoms with E-state index in [9.17, 15) is 4.79 Å². The molecule has 0 aliphatic heterocycles. The highest BCUT2D eigenvalue weighted by molar-refractivity contribution is 6.33. The molecule has 0 fully saturated rings. The van der Waals surface area contributed by atoms with Crippen LogP contribution >= 0.6 is 11.6 Å². The van der Waals surface area contributed by atoms with Crippen LogP contribution in [0.1, 0.15) is 18.3 Å². The Bertz CT molecular complexity index is 658. The van der Waals surface area contributed by atoms with Gasteiger partial charge in [0.2, 0.25) is 0 Å². The van der Waals surface area contributed by atoms with Gasteiger partial charge in [0.05, 0.1) is 41.9 Å². The number of halogens is 1. The van der Waals surface area contributed by atoms with Crippen LogP contribution in [0.2, 0.25) is 5.02 Å². The van der Waals surface area contributed by atoms with E-state index < -0.39 is 0 Å². The fraction of sp³-hybridized carbons (Fsp3) is 0.308. The normalized spacial score (nSPS) is 10.4. The summed E-state index contributed by atoms with van der Waals surface area (Å²) in [5.74, 6) is -0.360. The lowest BCUT2D eigenvalue weighted by Crippen LogP contribution is -2.09. The second-order valence-electron chi connectivity index (χ2n) is 3.87. The van der Waals surface area contributed by atoms with E-state index in [2.05, 4.69) is 11.1 Å². The lowest BCUT2D eigenvalue weighted by atomic mass is 10.2. The third kappa shape index (κ3) is 2.69. The van der Waals surface area contributed by atoms with E-state index in [0.29, 0.717) is 28.7 Å². The zero-order valence-corrected chi connectivity index (χ0v) is 11.1. The number of hydrogen-bond donors (Lipinski definition) is 0. The number of ether oxygens (including phenoxy) is 1. The van der Waals surface area contributed by atoms with Crippen LogP contribution in [-0.2, 0) is 22.4 Å². The topological polar surface area (TPSA) is 67.4 Å². The van der Waals surface area contributed by atoms with Crippen molar-refractivity contribution in [1.82, 2.24) is 9.38 Å². The molecule has 0 aliphatic rings. The molecule has 6 heteroatoms. The molecular formula is C13H12ClN3O2. The minimum atomic E-state index is -0.360. The van der Waals surface area contributed by atoms with Gasteiger partial charge < -0.3 is 9.14 Å². The van der Waals surface area contributed by atoms with E-state index in [0.717, 1.165) is 0 Å². The van der Waals surface area contributed by atoms with Crippen molar-refractivity contribution in [1.29, 1.82) is 5.26 Å². The molecule has 0 amide bonds. The van der Waals surface area contributed by atoms with Crippen molar-refractivity contribution in [3.63, 3.8) is 0 Å². The fourth-order valence-corrected chi connectivity index (χ4v) is 2.09. The third-order valence-electron chi connectivity index (χ3n) is 2.65. The van der Waals surface area contributed by atoms with E-state index in [1.165, 1.54) is 0 Å². The highest BCUT2D eigenvalue weighted by atomic mass is 35.5. The molecule has 0 bridgehead atoms. The molecule has 5 nitrogen and oxygen atoms in total. The number of pyridine rings is 1. The van der Waals surface area contributed by atoms with Gasteiger partial charge in [0, 0.05) is 6.20 Å². The molecule has 19 heavy (non-hydrogen) atoms. The summed E-state index contributed by atoms with van der Waals surface area (Å²) in [6.45, 7) is 2.06. The number of imidazole rings is 1. The molecule has 2 aromatic heterocycles. The van der Waals surface area contributed by atoms with Gasteiger partial charge in [0.15, 0.2) is 5.65 Å². The average molecular weight is 278 g/mol. The summed E-state index contributed by atoms with van der Waals surface area (Å²) >= 11 is 6.06. The van der Waals surface area contributed by atoms with Gasteiger partial charge in [-0.2, -0.15) is 5.26 Å². The average Bonchev–Trinajstić information content (AvgIpc) is 2.70. The number of aromatic nitrogens is 2. The molecule has 0 atom stereocenters. The maximum Gasteiger partial charge on any atom is 0.311 e. The number of carbonyl (C=O) groups is 1. The van der Waals surface area contributed by atoms with Crippen molar-refractivity contribution in [2.24, 2.45) is 0 Å². The summed E-state index contributed by atoms with van der Waals surface area (Å²) in [6.07, 6.45) is 1.98. The van der Waals surface area contributed by atoms with Gasteiger partial charge in [-0.1, -0.05) is 11.6 Å². The summed E-state index contributed by atoms with van der Waals surface area (Å²) in [4.78, 5) is 15.9. The minimum absolute atomic E-state index is 0.0445. The first kappa shape index (κ1) is 13.4. The van der Waals surface area contributed by atoms with Crippen LogP contribution in [0, 0.1) is 11.3 Å². The highest BCUT2D eigenvalue weighted by Crippen LogP contribution is 2.21. The number of carbonyl (C=O) groups excluding carboxylic acids is 1. The van der Waals surface area contributed by atoms with Gasteiger partial charge in [-0.05, 0) is 19.1 Å². The Balaban J connectivity index is 2.48. The summed E-state index contributed by atoms with van der Waals surface area (Å²) < 4.78 is 6.64. The van der Waals surface area contributed by atoms with Crippen LogP contribution in [0.25, 0.3) is 5.65 Å². The number of nitrogens with zero attached hydrogens (tertiary/aromatic N) is 3. The molecule has 2 aromatic rings. The maximum absolute atomic E-state index is 11.5. The number of hydrogen-bond acceptors (Lipinski definition) is 4. The van der Waals surface area contributed by atoms with E-state index >= 15 is 0 Å². The lowest BCUT2D eigenvalue weighted by molar-refractivity contribution is -0.142. The van der Waals surface area contributed by atoms with Gasteiger partial charge in [-0.15, -0.1) is 0 Å². The van der Waals surface area contributed by atoms with E-state index in [1.807, 2.05) is 0 Å². The molecule has 0 saturated carbocycles. The summed E-state index contributed by atoms with van der Waals surface area (Å²) in [7, 11) is 0. The van der Waals surface area contributed by atoms with Crippen LogP contribution < -0.4 is 0 Å². The Hall–Kier alpha value is -2.06. The van der Waals surface area contributed by atoms with Gasteiger partial charge in [-0.25, -0.2) is 4.98 Å². The zero-order chi connectivity index (χ0) is 13.8. The predicted octanol–water partition coefficient (Wildman–Crippen LogP) is 2.16. The van der Waals surface area contributed by atoms with Crippen molar-refractivity contribution in [3.05, 3.63) is 34.7 Å². The Kier molecular flexibility index (Phi) is 4.03. The quantitative estimate of drug-likeness (QED) is 0.803. The van der Waals surface area contributed by atoms with E-state index in [-0.39, 0.29) is 18.8 Å². The summed E-state index contributed by atoms with van der Waals surface area (Å²) in [5.41, 5.74) is 1.76. The molecular weight excluding hydrogens is 266 g/mol. The van der Waals surface area contributed by atoms with Crippen molar-refractivity contribution in [2.45, 2.75) is 19.8 Å². The molecule has 0 aromatic carbocycles. The van der Waals surface area contributed by atoms with Crippen LogP contribution in [0.15, 0.2) is 18.3 Å². The molecule has 0 spiro atoms. The third-order valence-corrected chi connectivity index (χ3v) is 2.94. The molecule has 0 unspecified atom stereocenters. The lowest BCUT2D eigenvalue weighted by Gasteiger charge is -2.01. The molecule has 0 N–H and O–H groups in total. The van der Waals surface area contributed by atoms with Crippen molar-refractivity contribution in [2.75, 3.05) is 6.61 Å². The van der Waals surface area contributed by atoms with E-state index in [4.69, 9.17) is 21.6 Å². The van der Waals surface area contributed by atoms with Crippen LogP contribution in [0.5, 0.6) is 0 Å². The standard InChI is InChI=1S/C13H12ClN3O2/c1-2-19-12(18)8-10-11(5-6-15)17-7-3-4-9(14)13(17)16-10/h3-4,7H,2,5,8H2,1H3. The Morgan fingerprint density at radius 3 is 3.11 bits per heavy atom. The summed E-state index contributed by atoms with van der Waals surface area (Å²) in [6, 6.07) is 5.56. The first-order valence-corrected chi connectivity index (χ1v) is 6.22. The highest BCUT2D eigenvalue weighted by Gasteiger charge is 2.17. The molecule has 0 saturated heterocycles. The number of fused-ring (bicyclic) bond motifs is 1. The predicted molar refractivity (Wildman–Crippen MR) is 69.9 cm³/mol. The Morgan fingerprint density at radius 1 is 1.63 bits per heavy atom. The zero-order valence-electron chi connectivity index (χ0n) is 10.4. The van der Waals surface area contributed by atoms with E-state index in [1.54, 1.807) is 29.7 Å². The van der Waals surface area contributed by atoms with Crippen LogP contribution in [-0.4, -0.2) is 22.0 Å². The van der Waals surface area contributed by atoms with Crippen LogP contribution in [0.4, 0.5) is 0 Å². The second-order valence-corrected chi connectivity index (χ2v) is 4.28. The monoisotopic (exact) mass is 277 g/mol. The van der Waals surface area contributed by atoms with Crippen LogP contribution in [0.3, 0.4) is 0 Å². The number of esters is 1. The molecule has 2 heterocycles. The largest absolute Gasteiger partial charge is 0.466 e. The van der Waals surface area contributed by atoms with Gasteiger partial charge in [-0.3, -0.25) is 4.79 Å². The molecule has 2 rings (SSSR count). The Morgan fingerprint density at radius 2 is 2.42 bits per heavy atom. The van der Waals surface area contributed by atoms with Crippen molar-refractivity contribution >= 4 is 23.2 Å². The van der Waals surface area contributed by atoms with Gasteiger partial charge in [0.1, 0.15) is 0 Å². The maximum atomic E-state index is 11.5. The Labute approximate surface area is 115 Å². The minimum Gasteiger partial charge on any atom is -0.466 e. The molecule has 98 valence electrons. The molecule has 0 aliphatic carbocycles. The first-order chi connectivity index (χ1) is 9.17. The van der Waals surface area contributed by atoms with Gasteiger partial charge in [0.25, 0.3) is 0 Å². The number of rotatable bonds is 4. The second kappa shape index (κ2) is 5.72. The smallest absolute Gasteiger partial charge is 0.311 e. The van der Waals surface area contributed by atoms with Gasteiger partial charge >= 0.3 is 5.97 Å². The first-order valence-electron chi connectivity index (χ1n) is 5.84. The van der Waals surface area contributed by atoms with Crippen molar-refractivity contribution in [3.8, 4) is 6.07 Å². The summed E-state index contributed by atoms with van der Waals surface area (Å²) in [5, 5.41) is 9.37. The molecule has 0 radical (unpaired) electrons. The SMILES string of the molecule is CCOC(=O)Cc1nc2c(Cl)cccn2c1CC#N. The van der Waals surface area contributed by atoms with Crippen molar-refractivity contribution < 1.29 is 9.53 Å².